The fourth-order valence-electron chi connectivity index (χ4n) is 3.97. The van der Waals surface area contributed by atoms with E-state index in [1.54, 1.807) is 35.7 Å². The van der Waals surface area contributed by atoms with Crippen LogP contribution < -0.4 is 0 Å². The van der Waals surface area contributed by atoms with Gasteiger partial charge in [-0.2, -0.15) is 10.2 Å². The first kappa shape index (κ1) is 16.5. The second-order valence-corrected chi connectivity index (χ2v) is 8.05. The average Bonchev–Trinajstić information content (AvgIpc) is 3.16. The van der Waals surface area contributed by atoms with Crippen molar-refractivity contribution in [1.29, 1.82) is 0 Å². The molecule has 0 spiro atoms. The van der Waals surface area contributed by atoms with Gasteiger partial charge in [0.25, 0.3) is 0 Å². The van der Waals surface area contributed by atoms with Crippen molar-refractivity contribution in [2.24, 2.45) is 0 Å². The number of thiophene rings is 1. The van der Waals surface area contributed by atoms with Crippen LogP contribution in [0.4, 0.5) is 4.39 Å². The lowest BCUT2D eigenvalue weighted by Gasteiger charge is -2.33. The van der Waals surface area contributed by atoms with Crippen LogP contribution in [0.25, 0.3) is 21.3 Å². The van der Waals surface area contributed by atoms with E-state index in [0.717, 1.165) is 24.2 Å². The zero-order chi connectivity index (χ0) is 18.4. The maximum Gasteiger partial charge on any atom is 0.132 e. The molecule has 0 radical (unpaired) electrons. The predicted octanol–water partition coefficient (Wildman–Crippen LogP) is 5.07. The van der Waals surface area contributed by atoms with Crippen LogP contribution in [0.1, 0.15) is 22.6 Å². The number of benzene rings is 2. The van der Waals surface area contributed by atoms with E-state index in [1.807, 2.05) is 6.07 Å². The Kier molecular flexibility index (Phi) is 3.99. The first-order valence-electron chi connectivity index (χ1n) is 8.95. The van der Waals surface area contributed by atoms with Gasteiger partial charge < -0.3 is 4.90 Å². The van der Waals surface area contributed by atoms with Crippen LogP contribution in [-0.2, 0) is 6.54 Å². The Morgan fingerprint density at radius 3 is 2.93 bits per heavy atom. The molecule has 1 unspecified atom stereocenters. The first-order chi connectivity index (χ1) is 13.2. The highest BCUT2D eigenvalue weighted by Gasteiger charge is 2.27. The third kappa shape index (κ3) is 2.93. The Balaban J connectivity index is 1.63. The Morgan fingerprint density at radius 2 is 2.07 bits per heavy atom. The van der Waals surface area contributed by atoms with Gasteiger partial charge in [0, 0.05) is 35.5 Å². The van der Waals surface area contributed by atoms with Crippen LogP contribution in [0.3, 0.4) is 0 Å². The van der Waals surface area contributed by atoms with Gasteiger partial charge in [-0.1, -0.05) is 12.1 Å². The molecule has 1 aliphatic heterocycles. The van der Waals surface area contributed by atoms with Crippen LogP contribution in [0.2, 0.25) is 0 Å². The summed E-state index contributed by atoms with van der Waals surface area (Å²) in [6.07, 6.45) is 1.60. The molecule has 5 rings (SSSR count). The van der Waals surface area contributed by atoms with E-state index in [2.05, 4.69) is 51.8 Å². The van der Waals surface area contributed by atoms with Crippen LogP contribution in [0, 0.1) is 5.82 Å². The fraction of sp³-hybridized carbons (Fsp3) is 0.182. The van der Waals surface area contributed by atoms with Gasteiger partial charge in [-0.05, 0) is 70.9 Å². The Morgan fingerprint density at radius 1 is 1.15 bits per heavy atom. The van der Waals surface area contributed by atoms with Gasteiger partial charge in [0.2, 0.25) is 0 Å². The van der Waals surface area contributed by atoms with Crippen LogP contribution in [0.5, 0.6) is 0 Å². The van der Waals surface area contributed by atoms with Crippen molar-refractivity contribution >= 4 is 21.4 Å². The lowest BCUT2D eigenvalue weighted by atomic mass is 9.83. The molecule has 0 fully saturated rings. The van der Waals surface area contributed by atoms with Crippen molar-refractivity contribution in [3.8, 4) is 11.3 Å². The molecule has 0 N–H and O–H groups in total. The number of nitrogens with zero attached hydrogens (tertiary/aromatic N) is 3. The van der Waals surface area contributed by atoms with E-state index in [4.69, 9.17) is 0 Å². The van der Waals surface area contributed by atoms with Crippen molar-refractivity contribution in [3.63, 3.8) is 0 Å². The summed E-state index contributed by atoms with van der Waals surface area (Å²) in [5.74, 6) is -0.0725. The number of fused-ring (bicyclic) bond motifs is 2. The molecular weight excluding hydrogens is 357 g/mol. The summed E-state index contributed by atoms with van der Waals surface area (Å²) in [5, 5.41) is 11.3. The van der Waals surface area contributed by atoms with Gasteiger partial charge in [0.05, 0.1) is 5.69 Å². The molecule has 0 saturated heterocycles. The van der Waals surface area contributed by atoms with E-state index in [-0.39, 0.29) is 11.7 Å². The predicted molar refractivity (Wildman–Crippen MR) is 107 cm³/mol. The second-order valence-electron chi connectivity index (χ2n) is 7.11. The van der Waals surface area contributed by atoms with Gasteiger partial charge in [0.15, 0.2) is 0 Å². The summed E-state index contributed by atoms with van der Waals surface area (Å²) >= 11 is 1.75. The van der Waals surface area contributed by atoms with Crippen molar-refractivity contribution < 1.29 is 4.39 Å². The van der Waals surface area contributed by atoms with Gasteiger partial charge in [-0.3, -0.25) is 0 Å². The van der Waals surface area contributed by atoms with E-state index in [0.29, 0.717) is 11.3 Å². The third-order valence-corrected chi connectivity index (χ3v) is 6.15. The first-order valence-corrected chi connectivity index (χ1v) is 9.83. The van der Waals surface area contributed by atoms with E-state index >= 15 is 0 Å². The lowest BCUT2D eigenvalue weighted by molar-refractivity contribution is 0.294. The second kappa shape index (κ2) is 6.51. The maximum absolute atomic E-state index is 15.0. The fourth-order valence-corrected chi connectivity index (χ4v) is 4.81. The molecule has 134 valence electrons. The topological polar surface area (TPSA) is 29.0 Å². The summed E-state index contributed by atoms with van der Waals surface area (Å²) in [7, 11) is 2.12. The van der Waals surface area contributed by atoms with Gasteiger partial charge in [0.1, 0.15) is 5.82 Å². The minimum atomic E-state index is -0.235. The van der Waals surface area contributed by atoms with Gasteiger partial charge >= 0.3 is 0 Å². The van der Waals surface area contributed by atoms with Gasteiger partial charge in [-0.25, -0.2) is 4.39 Å². The number of hydrogen-bond donors (Lipinski definition) is 0. The highest BCUT2D eigenvalue weighted by atomic mass is 32.1. The zero-order valence-electron chi connectivity index (χ0n) is 14.9. The standard InChI is InChI=1S/C22H18FN3S/c1-26-12-16-9-18(21-3-2-7-24-25-21)20(23)11-17(16)19(13-26)15-5-4-14-6-8-27-22(14)10-15/h2-11,19H,12-13H2,1H3. The Hall–Kier alpha value is -2.63. The Bertz CT molecular complexity index is 1120. The number of aromatic nitrogens is 2. The SMILES string of the molecule is CN1Cc2cc(-c3cccnn3)c(F)cc2C(c2ccc3ccsc3c2)C1. The maximum atomic E-state index is 15.0. The molecule has 1 aliphatic rings. The quantitative estimate of drug-likeness (QED) is 0.489. The molecule has 4 aromatic rings. The molecule has 27 heavy (non-hydrogen) atoms. The number of rotatable bonds is 2. The van der Waals surface area contributed by atoms with Crippen LogP contribution in [-0.4, -0.2) is 28.7 Å². The molecule has 3 heterocycles. The number of halogens is 1. The van der Waals surface area contributed by atoms with Crippen molar-refractivity contribution in [2.45, 2.75) is 12.5 Å². The number of likely N-dealkylation sites (N-methyl/N-ethyl adjacent to an activating group) is 1. The minimum Gasteiger partial charge on any atom is -0.301 e. The number of hydrogen-bond acceptors (Lipinski definition) is 4. The van der Waals surface area contributed by atoms with Crippen molar-refractivity contribution in [3.05, 3.63) is 82.6 Å². The molecule has 0 bridgehead atoms. The third-order valence-electron chi connectivity index (χ3n) is 5.27. The molecule has 5 heteroatoms. The molecule has 0 amide bonds. The summed E-state index contributed by atoms with van der Waals surface area (Å²) in [4.78, 5) is 2.30. The smallest absolute Gasteiger partial charge is 0.132 e. The largest absolute Gasteiger partial charge is 0.301 e. The molecule has 1 atom stereocenters. The lowest BCUT2D eigenvalue weighted by Crippen LogP contribution is -2.31. The van der Waals surface area contributed by atoms with Crippen molar-refractivity contribution in [1.82, 2.24) is 15.1 Å². The van der Waals surface area contributed by atoms with Crippen LogP contribution >= 0.6 is 11.3 Å². The average molecular weight is 375 g/mol. The highest BCUT2D eigenvalue weighted by molar-refractivity contribution is 7.17. The molecular formula is C22H18FN3S. The van der Waals surface area contributed by atoms with Crippen LogP contribution in [0.15, 0.2) is 60.1 Å². The molecule has 0 aliphatic carbocycles. The van der Waals surface area contributed by atoms with E-state index in [1.165, 1.54) is 15.6 Å². The van der Waals surface area contributed by atoms with E-state index in [9.17, 15) is 4.39 Å². The summed E-state index contributed by atoms with van der Waals surface area (Å²) in [5.41, 5.74) is 4.56. The zero-order valence-corrected chi connectivity index (χ0v) is 15.7. The highest BCUT2D eigenvalue weighted by Crippen LogP contribution is 2.37. The van der Waals surface area contributed by atoms with Gasteiger partial charge in [-0.15, -0.1) is 11.3 Å². The Labute approximate surface area is 161 Å². The molecule has 2 aromatic carbocycles. The minimum absolute atomic E-state index is 0.163. The molecule has 3 nitrogen and oxygen atoms in total. The summed E-state index contributed by atoms with van der Waals surface area (Å²) < 4.78 is 16.3. The monoisotopic (exact) mass is 375 g/mol. The summed E-state index contributed by atoms with van der Waals surface area (Å²) in [6.45, 7) is 1.69. The molecule has 0 saturated carbocycles. The van der Waals surface area contributed by atoms with E-state index < -0.39 is 0 Å². The molecule has 2 aromatic heterocycles. The normalized spacial score (nSPS) is 17.2. The summed E-state index contributed by atoms with van der Waals surface area (Å²) in [6, 6.07) is 16.0. The van der Waals surface area contributed by atoms with Crippen molar-refractivity contribution in [2.75, 3.05) is 13.6 Å².